The number of nitrogens with one attached hydrogen (secondary N) is 1. The number of anilines is 1. The summed E-state index contributed by atoms with van der Waals surface area (Å²) in [4.78, 5) is 17.5. The van der Waals surface area contributed by atoms with Crippen LogP contribution in [0.15, 0.2) is 47.4 Å². The first-order chi connectivity index (χ1) is 15.8. The van der Waals surface area contributed by atoms with Crippen molar-refractivity contribution in [2.45, 2.75) is 51.5 Å². The number of hydrogen-bond acceptors (Lipinski definition) is 5. The highest BCUT2D eigenvalue weighted by Gasteiger charge is 2.23. The minimum atomic E-state index is -3.57. The summed E-state index contributed by atoms with van der Waals surface area (Å²) in [5.41, 5.74) is 2.12. The molecule has 3 aromatic rings. The Labute approximate surface area is 195 Å². The molecule has 0 bridgehead atoms. The van der Waals surface area contributed by atoms with Crippen molar-refractivity contribution >= 4 is 32.7 Å². The Kier molecular flexibility index (Phi) is 8.10. The lowest BCUT2D eigenvalue weighted by Crippen LogP contribution is -2.30. The Morgan fingerprint density at radius 3 is 2.52 bits per heavy atom. The molecule has 0 aliphatic rings. The summed E-state index contributed by atoms with van der Waals surface area (Å²) in [5, 5.41) is 2.89. The topological polar surface area (TPSA) is 93.5 Å². The maximum absolute atomic E-state index is 12.9. The Bertz CT molecular complexity index is 1220. The van der Waals surface area contributed by atoms with Crippen LogP contribution in [0.3, 0.4) is 0 Å². The number of fused-ring (bicyclic) bond motifs is 1. The summed E-state index contributed by atoms with van der Waals surface area (Å²) >= 11 is 0. The van der Waals surface area contributed by atoms with E-state index in [0.717, 1.165) is 24.3 Å². The number of ether oxygens (including phenoxy) is 1. The molecule has 1 N–H and O–H groups in total. The van der Waals surface area contributed by atoms with Crippen LogP contribution in [0.25, 0.3) is 11.0 Å². The molecule has 0 saturated heterocycles. The lowest BCUT2D eigenvalue weighted by atomic mass is 10.2. The Morgan fingerprint density at radius 2 is 1.85 bits per heavy atom. The van der Waals surface area contributed by atoms with Gasteiger partial charge in [0.2, 0.25) is 15.9 Å². The van der Waals surface area contributed by atoms with Gasteiger partial charge < -0.3 is 14.6 Å². The van der Waals surface area contributed by atoms with Gasteiger partial charge in [0, 0.05) is 32.5 Å². The summed E-state index contributed by atoms with van der Waals surface area (Å²) in [7, 11) is -2.01. The predicted molar refractivity (Wildman–Crippen MR) is 130 cm³/mol. The fraction of sp³-hybridized carbons (Fsp3) is 0.417. The van der Waals surface area contributed by atoms with E-state index in [2.05, 4.69) is 16.8 Å². The van der Waals surface area contributed by atoms with Crippen molar-refractivity contribution in [2.75, 3.05) is 25.5 Å². The summed E-state index contributed by atoms with van der Waals surface area (Å²) in [6, 6.07) is 12.3. The van der Waals surface area contributed by atoms with Gasteiger partial charge in [0.25, 0.3) is 0 Å². The van der Waals surface area contributed by atoms with E-state index in [9.17, 15) is 13.2 Å². The number of methoxy groups -OCH3 is 1. The molecule has 0 unspecified atom stereocenters. The van der Waals surface area contributed by atoms with E-state index in [0.29, 0.717) is 36.5 Å². The van der Waals surface area contributed by atoms with Crippen LogP contribution in [0.1, 0.15) is 39.4 Å². The number of carbonyl (C=O) groups excluding carboxylic acids is 1. The lowest BCUT2D eigenvalue weighted by Gasteiger charge is -2.18. The number of rotatable bonds is 11. The van der Waals surface area contributed by atoms with Gasteiger partial charge in [-0.25, -0.2) is 13.4 Å². The van der Waals surface area contributed by atoms with Crippen LogP contribution in [0.4, 0.5) is 5.69 Å². The van der Waals surface area contributed by atoms with Gasteiger partial charge in [0.15, 0.2) is 0 Å². The molecule has 0 saturated carbocycles. The number of nitrogens with zero attached hydrogens (tertiary/aromatic N) is 3. The van der Waals surface area contributed by atoms with Gasteiger partial charge in [-0.15, -0.1) is 0 Å². The van der Waals surface area contributed by atoms with Crippen LogP contribution < -0.4 is 10.1 Å². The van der Waals surface area contributed by atoms with Gasteiger partial charge in [-0.2, -0.15) is 4.31 Å². The number of amides is 1. The van der Waals surface area contributed by atoms with Gasteiger partial charge in [0.05, 0.1) is 28.7 Å². The maximum Gasteiger partial charge on any atom is 0.243 e. The van der Waals surface area contributed by atoms with Gasteiger partial charge in [0.1, 0.15) is 11.6 Å². The lowest BCUT2D eigenvalue weighted by molar-refractivity contribution is -0.116. The highest BCUT2D eigenvalue weighted by atomic mass is 32.2. The van der Waals surface area contributed by atoms with Gasteiger partial charge >= 0.3 is 0 Å². The molecule has 3 rings (SSSR count). The van der Waals surface area contributed by atoms with Crippen molar-refractivity contribution in [1.29, 1.82) is 0 Å². The Balaban J connectivity index is 1.85. The standard InChI is InChI=1S/C24H32N4O4S/c1-5-16-28-21-13-12-18(33(30,31)27(6-2)7-3)17-20(21)25-23(28)14-15-24(29)26-19-10-8-9-11-22(19)32-4/h8-13,17H,5-7,14-16H2,1-4H3,(H,26,29). The van der Waals surface area contributed by atoms with Crippen molar-refractivity contribution in [2.24, 2.45) is 0 Å². The highest BCUT2D eigenvalue weighted by molar-refractivity contribution is 7.89. The zero-order valence-corrected chi connectivity index (χ0v) is 20.5. The third-order valence-corrected chi connectivity index (χ3v) is 7.59. The summed E-state index contributed by atoms with van der Waals surface area (Å²) in [6.45, 7) is 7.28. The molecule has 2 aromatic carbocycles. The van der Waals surface area contributed by atoms with Crippen molar-refractivity contribution in [3.8, 4) is 5.75 Å². The van der Waals surface area contributed by atoms with Crippen LogP contribution in [0.5, 0.6) is 5.75 Å². The molecule has 8 nitrogen and oxygen atoms in total. The molecule has 0 fully saturated rings. The van der Waals surface area contributed by atoms with Gasteiger partial charge in [-0.1, -0.05) is 32.9 Å². The van der Waals surface area contributed by atoms with Crippen LogP contribution in [0.2, 0.25) is 0 Å². The SMILES string of the molecule is CCCn1c(CCC(=O)Nc2ccccc2OC)nc2cc(S(=O)(=O)N(CC)CC)ccc21. The second-order valence-corrected chi connectivity index (χ2v) is 9.61. The highest BCUT2D eigenvalue weighted by Crippen LogP contribution is 2.25. The second-order valence-electron chi connectivity index (χ2n) is 7.67. The summed E-state index contributed by atoms with van der Waals surface area (Å²) < 4.78 is 34.6. The van der Waals surface area contributed by atoms with Crippen LogP contribution >= 0.6 is 0 Å². The van der Waals surface area contributed by atoms with Crippen molar-refractivity contribution in [3.63, 3.8) is 0 Å². The number of aryl methyl sites for hydroxylation is 2. The third kappa shape index (κ3) is 5.36. The zero-order valence-electron chi connectivity index (χ0n) is 19.7. The van der Waals surface area contributed by atoms with Crippen molar-refractivity contribution in [1.82, 2.24) is 13.9 Å². The molecule has 33 heavy (non-hydrogen) atoms. The number of imidazole rings is 1. The molecule has 0 atom stereocenters. The van der Waals surface area contributed by atoms with E-state index in [4.69, 9.17) is 9.72 Å². The monoisotopic (exact) mass is 472 g/mol. The van der Waals surface area contributed by atoms with E-state index >= 15 is 0 Å². The molecule has 9 heteroatoms. The molecule has 1 amide bonds. The molecule has 1 heterocycles. The minimum Gasteiger partial charge on any atom is -0.495 e. The first-order valence-corrected chi connectivity index (χ1v) is 12.7. The normalized spacial score (nSPS) is 11.8. The number of benzene rings is 2. The van der Waals surface area contributed by atoms with Gasteiger partial charge in [-0.3, -0.25) is 4.79 Å². The maximum atomic E-state index is 12.9. The van der Waals surface area contributed by atoms with Crippen LogP contribution in [0, 0.1) is 0 Å². The largest absolute Gasteiger partial charge is 0.495 e. The number of hydrogen-bond donors (Lipinski definition) is 1. The zero-order chi connectivity index (χ0) is 24.0. The quantitative estimate of drug-likeness (QED) is 0.454. The minimum absolute atomic E-state index is 0.139. The van der Waals surface area contributed by atoms with Gasteiger partial charge in [-0.05, 0) is 36.8 Å². The summed E-state index contributed by atoms with van der Waals surface area (Å²) in [5.74, 6) is 1.23. The summed E-state index contributed by atoms with van der Waals surface area (Å²) in [6.07, 6.45) is 1.58. The molecular weight excluding hydrogens is 440 g/mol. The van der Waals surface area contributed by atoms with Crippen LogP contribution in [-0.4, -0.2) is 48.4 Å². The van der Waals surface area contributed by atoms with E-state index < -0.39 is 10.0 Å². The molecule has 0 spiro atoms. The molecule has 1 aromatic heterocycles. The number of sulfonamides is 1. The molecule has 178 valence electrons. The van der Waals surface area contributed by atoms with Crippen molar-refractivity contribution in [3.05, 3.63) is 48.3 Å². The average molecular weight is 473 g/mol. The molecule has 0 aliphatic carbocycles. The van der Waals surface area contributed by atoms with E-state index in [1.54, 1.807) is 31.4 Å². The predicted octanol–water partition coefficient (Wildman–Crippen LogP) is 4.06. The smallest absolute Gasteiger partial charge is 0.243 e. The first kappa shape index (κ1) is 24.7. The van der Waals surface area contributed by atoms with E-state index in [1.165, 1.54) is 4.31 Å². The number of aromatic nitrogens is 2. The average Bonchev–Trinajstić information content (AvgIpc) is 3.15. The Hall–Kier alpha value is -2.91. The fourth-order valence-corrected chi connectivity index (χ4v) is 5.36. The molecule has 0 aliphatic heterocycles. The first-order valence-electron chi connectivity index (χ1n) is 11.3. The molecule has 0 radical (unpaired) electrons. The Morgan fingerprint density at radius 1 is 1.12 bits per heavy atom. The van der Waals surface area contributed by atoms with E-state index in [1.807, 2.05) is 32.0 Å². The van der Waals surface area contributed by atoms with Crippen molar-refractivity contribution < 1.29 is 17.9 Å². The second kappa shape index (κ2) is 10.8. The number of carbonyl (C=O) groups is 1. The van der Waals surface area contributed by atoms with E-state index in [-0.39, 0.29) is 17.2 Å². The van der Waals surface area contributed by atoms with Crippen LogP contribution in [-0.2, 0) is 27.8 Å². The molecular formula is C24H32N4O4S. The fourth-order valence-electron chi connectivity index (χ4n) is 3.88. The number of para-hydroxylation sites is 2. The third-order valence-electron chi connectivity index (χ3n) is 5.55.